The van der Waals surface area contributed by atoms with Gasteiger partial charge in [0.25, 0.3) is 5.91 Å². The summed E-state index contributed by atoms with van der Waals surface area (Å²) in [6.07, 6.45) is 0. The lowest BCUT2D eigenvalue weighted by Crippen LogP contribution is -2.21. The Morgan fingerprint density at radius 3 is 2.34 bits per heavy atom. The third-order valence-corrected chi connectivity index (χ3v) is 5.15. The summed E-state index contributed by atoms with van der Waals surface area (Å²) in [6.45, 7) is 5.96. The van der Waals surface area contributed by atoms with Crippen LogP contribution in [0.25, 0.3) is 0 Å². The quantitative estimate of drug-likeness (QED) is 0.594. The first-order chi connectivity index (χ1) is 14.0. The summed E-state index contributed by atoms with van der Waals surface area (Å²) in [6, 6.07) is 11.5. The zero-order valence-electron chi connectivity index (χ0n) is 16.7. The molecule has 29 heavy (non-hydrogen) atoms. The molecule has 8 heteroatoms. The van der Waals surface area contributed by atoms with E-state index in [1.54, 1.807) is 43.3 Å². The number of amides is 1. The van der Waals surface area contributed by atoms with Crippen molar-refractivity contribution in [1.29, 1.82) is 0 Å². The molecule has 0 aromatic heterocycles. The maximum atomic E-state index is 12.3. The molecule has 1 atom stereocenters. The number of nitrogens with one attached hydrogen (secondary N) is 1. The van der Waals surface area contributed by atoms with Gasteiger partial charge < -0.3 is 19.5 Å². The Labute approximate surface area is 172 Å². The molecule has 0 saturated heterocycles. The number of hydrogen-bond acceptors (Lipinski definition) is 6. The molecule has 0 aliphatic rings. The highest BCUT2D eigenvalue weighted by molar-refractivity contribution is 7.85. The first-order valence-corrected chi connectivity index (χ1v) is 10.7. The molecule has 0 bridgehead atoms. The number of esters is 1. The third kappa shape index (κ3) is 6.32. The molecule has 2 rings (SSSR count). The van der Waals surface area contributed by atoms with Crippen LogP contribution in [0.15, 0.2) is 47.4 Å². The summed E-state index contributed by atoms with van der Waals surface area (Å²) in [5.74, 6) is 0.280. The first-order valence-electron chi connectivity index (χ1n) is 9.34. The molecule has 0 fully saturated rings. The van der Waals surface area contributed by atoms with Crippen LogP contribution in [0, 0.1) is 0 Å². The second-order valence-corrected chi connectivity index (χ2v) is 7.49. The third-order valence-electron chi connectivity index (χ3n) is 3.78. The van der Waals surface area contributed by atoms with Gasteiger partial charge in [-0.05, 0) is 38.1 Å². The van der Waals surface area contributed by atoms with Crippen LogP contribution in [-0.4, -0.2) is 41.7 Å². The van der Waals surface area contributed by atoms with E-state index >= 15 is 0 Å². The lowest BCUT2D eigenvalue weighted by atomic mass is 10.2. The minimum absolute atomic E-state index is 0.195. The van der Waals surface area contributed by atoms with Crippen molar-refractivity contribution in [2.45, 2.75) is 25.7 Å². The van der Waals surface area contributed by atoms with Crippen molar-refractivity contribution in [2.75, 3.05) is 30.9 Å². The Morgan fingerprint density at radius 1 is 0.966 bits per heavy atom. The molecule has 1 amide bonds. The number of benzene rings is 2. The maximum absolute atomic E-state index is 12.3. The fourth-order valence-corrected chi connectivity index (χ4v) is 3.46. The molecule has 1 N–H and O–H groups in total. The molecule has 0 aliphatic heterocycles. The van der Waals surface area contributed by atoms with Crippen LogP contribution in [0.4, 0.5) is 5.69 Å². The lowest BCUT2D eigenvalue weighted by Gasteiger charge is -2.13. The van der Waals surface area contributed by atoms with Crippen LogP contribution in [0.1, 0.15) is 31.1 Å². The summed E-state index contributed by atoms with van der Waals surface area (Å²) in [5.41, 5.74) is 0.686. The Kier molecular flexibility index (Phi) is 8.67. The number of carbonyl (C=O) groups is 2. The molecule has 0 radical (unpaired) electrons. The van der Waals surface area contributed by atoms with Gasteiger partial charge in [0.1, 0.15) is 0 Å². The summed E-state index contributed by atoms with van der Waals surface area (Å²) in [4.78, 5) is 24.9. The standard InChI is InChI=1S/C21H25NO6S/c1-4-26-17-12-11-15(13-18(17)27-5-2)22-20(23)14-28-21(24)16-9-7-8-10-19(16)29(25)6-3/h7-13H,4-6,14H2,1-3H3,(H,22,23)/t29-/m1/s1. The van der Waals surface area contributed by atoms with Crippen LogP contribution in [0.3, 0.4) is 0 Å². The van der Waals surface area contributed by atoms with Crippen molar-refractivity contribution < 1.29 is 28.0 Å². The van der Waals surface area contributed by atoms with Gasteiger partial charge in [-0.3, -0.25) is 9.00 Å². The zero-order chi connectivity index (χ0) is 21.2. The molecular weight excluding hydrogens is 394 g/mol. The van der Waals surface area contributed by atoms with Crippen molar-refractivity contribution in [3.05, 3.63) is 48.0 Å². The number of ether oxygens (including phenoxy) is 3. The summed E-state index contributed by atoms with van der Waals surface area (Å²) >= 11 is 0. The van der Waals surface area contributed by atoms with E-state index in [1.807, 2.05) is 13.8 Å². The van der Waals surface area contributed by atoms with Crippen molar-refractivity contribution in [2.24, 2.45) is 0 Å². The monoisotopic (exact) mass is 419 g/mol. The van der Waals surface area contributed by atoms with Crippen LogP contribution in [0.2, 0.25) is 0 Å². The molecule has 0 heterocycles. The van der Waals surface area contributed by atoms with Gasteiger partial charge in [-0.2, -0.15) is 0 Å². The molecule has 0 unspecified atom stereocenters. The van der Waals surface area contributed by atoms with Crippen molar-refractivity contribution in [1.82, 2.24) is 0 Å². The van der Waals surface area contributed by atoms with Crippen LogP contribution in [-0.2, 0) is 20.3 Å². The van der Waals surface area contributed by atoms with Gasteiger partial charge >= 0.3 is 5.97 Å². The second kappa shape index (κ2) is 11.2. The van der Waals surface area contributed by atoms with Crippen molar-refractivity contribution >= 4 is 28.4 Å². The van der Waals surface area contributed by atoms with E-state index in [4.69, 9.17) is 14.2 Å². The molecule has 2 aromatic carbocycles. The van der Waals surface area contributed by atoms with E-state index in [1.165, 1.54) is 6.07 Å². The topological polar surface area (TPSA) is 90.9 Å². The van der Waals surface area contributed by atoms with E-state index in [0.717, 1.165) is 0 Å². The Balaban J connectivity index is 2.01. The van der Waals surface area contributed by atoms with E-state index in [9.17, 15) is 13.8 Å². The highest BCUT2D eigenvalue weighted by Gasteiger charge is 2.17. The number of anilines is 1. The smallest absolute Gasteiger partial charge is 0.339 e. The summed E-state index contributed by atoms with van der Waals surface area (Å²) in [5, 5.41) is 2.65. The fourth-order valence-electron chi connectivity index (χ4n) is 2.52. The average Bonchev–Trinajstić information content (AvgIpc) is 2.73. The minimum atomic E-state index is -1.30. The number of hydrogen-bond donors (Lipinski definition) is 1. The minimum Gasteiger partial charge on any atom is -0.490 e. The van der Waals surface area contributed by atoms with Crippen molar-refractivity contribution in [3.63, 3.8) is 0 Å². The zero-order valence-corrected chi connectivity index (χ0v) is 17.5. The normalized spacial score (nSPS) is 11.4. The molecule has 7 nitrogen and oxygen atoms in total. The Hall–Kier alpha value is -2.87. The van der Waals surface area contributed by atoms with E-state index < -0.39 is 29.3 Å². The van der Waals surface area contributed by atoms with Gasteiger partial charge in [0.2, 0.25) is 0 Å². The van der Waals surface area contributed by atoms with Gasteiger partial charge in [-0.1, -0.05) is 19.1 Å². The van der Waals surface area contributed by atoms with Crippen LogP contribution in [0.5, 0.6) is 11.5 Å². The first kappa shape index (κ1) is 22.4. The molecule has 2 aromatic rings. The van der Waals surface area contributed by atoms with Crippen LogP contribution >= 0.6 is 0 Å². The second-order valence-electron chi connectivity index (χ2n) is 5.78. The number of rotatable bonds is 10. The molecule has 156 valence electrons. The van der Waals surface area contributed by atoms with Crippen molar-refractivity contribution in [3.8, 4) is 11.5 Å². The predicted octanol–water partition coefficient (Wildman–Crippen LogP) is 3.41. The Morgan fingerprint density at radius 2 is 1.66 bits per heavy atom. The molecule has 0 spiro atoms. The van der Waals surface area contributed by atoms with Gasteiger partial charge in [0.05, 0.1) is 34.5 Å². The molecule has 0 aliphatic carbocycles. The largest absolute Gasteiger partial charge is 0.490 e. The maximum Gasteiger partial charge on any atom is 0.339 e. The molecular formula is C21H25NO6S. The summed E-state index contributed by atoms with van der Waals surface area (Å²) < 4.78 is 28.2. The van der Waals surface area contributed by atoms with E-state index in [2.05, 4.69) is 5.32 Å². The lowest BCUT2D eigenvalue weighted by molar-refractivity contribution is -0.119. The SMILES string of the molecule is CCOc1ccc(NC(=O)COC(=O)c2ccccc2[S@](=O)CC)cc1OCC. The van der Waals surface area contributed by atoms with Gasteiger partial charge in [0.15, 0.2) is 18.1 Å². The van der Waals surface area contributed by atoms with Gasteiger partial charge in [-0.15, -0.1) is 0 Å². The predicted molar refractivity (Wildman–Crippen MR) is 111 cm³/mol. The molecule has 0 saturated carbocycles. The Bertz CT molecular complexity index is 883. The van der Waals surface area contributed by atoms with Gasteiger partial charge in [-0.25, -0.2) is 4.79 Å². The average molecular weight is 419 g/mol. The van der Waals surface area contributed by atoms with E-state index in [-0.39, 0.29) is 5.56 Å². The van der Waals surface area contributed by atoms with Crippen LogP contribution < -0.4 is 14.8 Å². The number of carbonyl (C=O) groups excluding carboxylic acids is 2. The highest BCUT2D eigenvalue weighted by atomic mass is 32.2. The highest BCUT2D eigenvalue weighted by Crippen LogP contribution is 2.30. The fraction of sp³-hybridized carbons (Fsp3) is 0.333. The summed E-state index contributed by atoms with van der Waals surface area (Å²) in [7, 11) is -1.30. The van der Waals surface area contributed by atoms with Gasteiger partial charge in [0, 0.05) is 17.5 Å². The van der Waals surface area contributed by atoms with E-state index in [0.29, 0.717) is 41.0 Å².